The van der Waals surface area contributed by atoms with Gasteiger partial charge >= 0.3 is 0 Å². The largest absolute Gasteiger partial charge is 0.342 e. The minimum Gasteiger partial charge on any atom is -0.342 e. The van der Waals surface area contributed by atoms with E-state index in [0.717, 1.165) is 24.7 Å². The van der Waals surface area contributed by atoms with Crippen molar-refractivity contribution in [1.29, 1.82) is 0 Å². The SMILES string of the molecule is CC1C(C)C2C1N(C)C(=O)C21CC1. The average molecular weight is 179 g/mol. The van der Waals surface area contributed by atoms with Gasteiger partial charge in [-0.1, -0.05) is 13.8 Å². The molecule has 0 N–H and O–H groups in total. The van der Waals surface area contributed by atoms with Crippen molar-refractivity contribution >= 4 is 5.91 Å². The van der Waals surface area contributed by atoms with E-state index in [-0.39, 0.29) is 5.41 Å². The molecule has 4 unspecified atom stereocenters. The number of amides is 1. The van der Waals surface area contributed by atoms with Gasteiger partial charge in [0.15, 0.2) is 0 Å². The highest BCUT2D eigenvalue weighted by molar-refractivity contribution is 5.89. The van der Waals surface area contributed by atoms with Gasteiger partial charge in [-0.3, -0.25) is 4.79 Å². The maximum Gasteiger partial charge on any atom is 0.229 e. The zero-order valence-electron chi connectivity index (χ0n) is 8.58. The van der Waals surface area contributed by atoms with Crippen molar-refractivity contribution in [3.63, 3.8) is 0 Å². The van der Waals surface area contributed by atoms with Gasteiger partial charge in [0.05, 0.1) is 5.41 Å². The highest BCUT2D eigenvalue weighted by Gasteiger charge is 2.71. The molecule has 0 aromatic carbocycles. The quantitative estimate of drug-likeness (QED) is 0.552. The zero-order valence-corrected chi connectivity index (χ0v) is 8.58. The van der Waals surface area contributed by atoms with Crippen LogP contribution in [-0.4, -0.2) is 23.9 Å². The van der Waals surface area contributed by atoms with Crippen LogP contribution in [0.1, 0.15) is 26.7 Å². The highest BCUT2D eigenvalue weighted by Crippen LogP contribution is 2.68. The summed E-state index contributed by atoms with van der Waals surface area (Å²) < 4.78 is 0. The Kier molecular flexibility index (Phi) is 1.17. The molecule has 1 spiro atoms. The van der Waals surface area contributed by atoms with E-state index >= 15 is 0 Å². The molecule has 1 amide bonds. The van der Waals surface area contributed by atoms with Crippen LogP contribution in [0, 0.1) is 23.2 Å². The van der Waals surface area contributed by atoms with Gasteiger partial charge in [-0.2, -0.15) is 0 Å². The molecule has 0 bridgehead atoms. The fraction of sp³-hybridized carbons (Fsp3) is 0.909. The van der Waals surface area contributed by atoms with Crippen molar-refractivity contribution in [3.8, 4) is 0 Å². The highest BCUT2D eigenvalue weighted by atomic mass is 16.2. The molecule has 1 saturated heterocycles. The van der Waals surface area contributed by atoms with Gasteiger partial charge in [0.2, 0.25) is 5.91 Å². The Morgan fingerprint density at radius 1 is 1.31 bits per heavy atom. The monoisotopic (exact) mass is 179 g/mol. The van der Waals surface area contributed by atoms with E-state index < -0.39 is 0 Å². The van der Waals surface area contributed by atoms with Crippen LogP contribution in [0.15, 0.2) is 0 Å². The molecular formula is C11H17NO. The topological polar surface area (TPSA) is 20.3 Å². The van der Waals surface area contributed by atoms with E-state index in [2.05, 4.69) is 13.8 Å². The Morgan fingerprint density at radius 2 is 1.92 bits per heavy atom. The normalized spacial score (nSPS) is 50.7. The third kappa shape index (κ3) is 0.628. The lowest BCUT2D eigenvalue weighted by Crippen LogP contribution is -2.52. The molecule has 13 heavy (non-hydrogen) atoms. The first kappa shape index (κ1) is 7.84. The molecule has 1 heterocycles. The van der Waals surface area contributed by atoms with Crippen LogP contribution in [0.5, 0.6) is 0 Å². The van der Waals surface area contributed by atoms with Gasteiger partial charge < -0.3 is 4.90 Å². The summed E-state index contributed by atoms with van der Waals surface area (Å²) in [6, 6.07) is 0.574. The van der Waals surface area contributed by atoms with Gasteiger partial charge in [0.1, 0.15) is 0 Å². The fourth-order valence-electron chi connectivity index (χ4n) is 3.87. The predicted molar refractivity (Wildman–Crippen MR) is 50.0 cm³/mol. The minimum absolute atomic E-state index is 0.130. The van der Waals surface area contributed by atoms with Crippen molar-refractivity contribution in [2.45, 2.75) is 32.7 Å². The molecule has 3 fully saturated rings. The van der Waals surface area contributed by atoms with E-state index in [1.165, 1.54) is 0 Å². The third-order valence-corrected chi connectivity index (χ3v) is 4.92. The summed E-state index contributed by atoms with van der Waals surface area (Å²) in [4.78, 5) is 14.0. The molecule has 2 heteroatoms. The number of hydrogen-bond acceptors (Lipinski definition) is 1. The van der Waals surface area contributed by atoms with E-state index in [9.17, 15) is 4.79 Å². The number of carbonyl (C=O) groups is 1. The van der Waals surface area contributed by atoms with Crippen LogP contribution < -0.4 is 0 Å². The molecule has 3 rings (SSSR count). The Hall–Kier alpha value is -0.530. The second-order valence-electron chi connectivity index (χ2n) is 5.31. The first-order valence-electron chi connectivity index (χ1n) is 5.37. The number of fused-ring (bicyclic) bond motifs is 2. The molecule has 72 valence electrons. The fourth-order valence-corrected chi connectivity index (χ4v) is 3.87. The first-order chi connectivity index (χ1) is 6.09. The Balaban J connectivity index is 2.00. The summed E-state index contributed by atoms with van der Waals surface area (Å²) in [6.07, 6.45) is 2.32. The number of hydrogen-bond donors (Lipinski definition) is 0. The summed E-state index contributed by atoms with van der Waals surface area (Å²) in [6.45, 7) is 4.61. The molecule has 2 aliphatic carbocycles. The second-order valence-corrected chi connectivity index (χ2v) is 5.31. The Morgan fingerprint density at radius 3 is 2.46 bits per heavy atom. The molecular weight excluding hydrogens is 162 g/mol. The van der Waals surface area contributed by atoms with E-state index in [4.69, 9.17) is 0 Å². The number of rotatable bonds is 0. The molecule has 3 aliphatic rings. The third-order valence-electron chi connectivity index (χ3n) is 4.92. The number of likely N-dealkylation sites (tertiary alicyclic amines) is 1. The van der Waals surface area contributed by atoms with Crippen LogP contribution >= 0.6 is 0 Å². The maximum absolute atomic E-state index is 12.0. The van der Waals surface area contributed by atoms with Crippen molar-refractivity contribution < 1.29 is 4.79 Å². The van der Waals surface area contributed by atoms with Crippen molar-refractivity contribution in [3.05, 3.63) is 0 Å². The van der Waals surface area contributed by atoms with Gasteiger partial charge in [-0.25, -0.2) is 0 Å². The molecule has 0 aromatic rings. The van der Waals surface area contributed by atoms with E-state index in [0.29, 0.717) is 17.9 Å². The van der Waals surface area contributed by atoms with Gasteiger partial charge in [-0.05, 0) is 30.6 Å². The Bertz CT molecular complexity index is 282. The first-order valence-corrected chi connectivity index (χ1v) is 5.37. The molecule has 2 saturated carbocycles. The minimum atomic E-state index is 0.130. The average Bonchev–Trinajstić information content (AvgIpc) is 2.87. The summed E-state index contributed by atoms with van der Waals surface area (Å²) in [5.41, 5.74) is 0.130. The van der Waals surface area contributed by atoms with Crippen LogP contribution in [0.3, 0.4) is 0 Å². The lowest BCUT2D eigenvalue weighted by atomic mass is 9.58. The summed E-state index contributed by atoms with van der Waals surface area (Å²) in [7, 11) is 2.00. The van der Waals surface area contributed by atoms with Crippen LogP contribution in [0.4, 0.5) is 0 Å². The molecule has 0 radical (unpaired) electrons. The maximum atomic E-state index is 12.0. The summed E-state index contributed by atoms with van der Waals surface area (Å²) >= 11 is 0. The molecule has 2 nitrogen and oxygen atoms in total. The van der Waals surface area contributed by atoms with Crippen molar-refractivity contribution in [2.75, 3.05) is 7.05 Å². The zero-order chi connectivity index (χ0) is 9.38. The smallest absolute Gasteiger partial charge is 0.229 e. The lowest BCUT2D eigenvalue weighted by molar-refractivity contribution is -0.131. The van der Waals surface area contributed by atoms with Gasteiger partial charge in [0.25, 0.3) is 0 Å². The molecule has 0 aromatic heterocycles. The number of carbonyl (C=O) groups excluding carboxylic acids is 1. The number of nitrogens with zero attached hydrogens (tertiary/aromatic N) is 1. The van der Waals surface area contributed by atoms with Gasteiger partial charge in [-0.15, -0.1) is 0 Å². The van der Waals surface area contributed by atoms with Crippen molar-refractivity contribution in [2.24, 2.45) is 23.2 Å². The van der Waals surface area contributed by atoms with E-state index in [1.54, 1.807) is 0 Å². The van der Waals surface area contributed by atoms with Crippen LogP contribution in [-0.2, 0) is 4.79 Å². The lowest BCUT2D eigenvalue weighted by Gasteiger charge is -2.48. The summed E-state index contributed by atoms with van der Waals surface area (Å²) in [5, 5.41) is 0. The molecule has 1 aliphatic heterocycles. The summed E-state index contributed by atoms with van der Waals surface area (Å²) in [5.74, 6) is 2.62. The standard InChI is InChI=1S/C11H17NO/c1-6-7(2)9-8(6)11(4-5-11)10(13)12(9)3/h6-9H,4-5H2,1-3H3. The second kappa shape index (κ2) is 1.94. The van der Waals surface area contributed by atoms with E-state index in [1.807, 2.05) is 11.9 Å². The predicted octanol–water partition coefficient (Wildman–Crippen LogP) is 1.51. The molecule has 4 atom stereocenters. The van der Waals surface area contributed by atoms with Gasteiger partial charge in [0, 0.05) is 13.1 Å². The van der Waals surface area contributed by atoms with Crippen molar-refractivity contribution in [1.82, 2.24) is 4.90 Å². The van der Waals surface area contributed by atoms with Crippen LogP contribution in [0.25, 0.3) is 0 Å². The van der Waals surface area contributed by atoms with Crippen LogP contribution in [0.2, 0.25) is 0 Å². The Labute approximate surface area is 79.3 Å².